The van der Waals surface area contributed by atoms with Crippen LogP contribution in [0.2, 0.25) is 0 Å². The van der Waals surface area contributed by atoms with Crippen molar-refractivity contribution in [1.29, 1.82) is 0 Å². The number of nitrogens with two attached hydrogens (primary N) is 1. The number of carbonyl (C=O) groups is 4. The Hall–Kier alpha value is -3.54. The normalized spacial score (nSPS) is 13.9. The topological polar surface area (TPSA) is 170 Å². The molecule has 12 heteroatoms. The van der Waals surface area contributed by atoms with Gasteiger partial charge >= 0.3 is 24.4 Å². The highest BCUT2D eigenvalue weighted by molar-refractivity contribution is 5.75. The maximum Gasteiger partial charge on any atom is 0.513 e. The maximum atomic E-state index is 12.5. The largest absolute Gasteiger partial charge is 0.513 e. The van der Waals surface area contributed by atoms with Crippen LogP contribution >= 0.6 is 0 Å². The molecule has 0 radical (unpaired) electrons. The van der Waals surface area contributed by atoms with Gasteiger partial charge in [0.05, 0.1) is 26.4 Å². The van der Waals surface area contributed by atoms with Gasteiger partial charge in [-0.2, -0.15) is 0 Å². The molecule has 2 unspecified atom stereocenters. The number of carboxylic acid groups (broad SMARTS) is 1. The van der Waals surface area contributed by atoms with E-state index >= 15 is 0 Å². The van der Waals surface area contributed by atoms with Gasteiger partial charge in [-0.3, -0.25) is 4.79 Å². The zero-order valence-electron chi connectivity index (χ0n) is 25.5. The summed E-state index contributed by atoms with van der Waals surface area (Å²) < 4.78 is 31.2. The maximum absolute atomic E-state index is 12.5. The number of rotatable bonds is 12. The van der Waals surface area contributed by atoms with E-state index in [-0.39, 0.29) is 54.7 Å². The molecule has 0 fully saturated rings. The third-order valence-electron chi connectivity index (χ3n) is 5.27. The first-order valence-corrected chi connectivity index (χ1v) is 13.4. The monoisotopic (exact) mass is 583 g/mol. The molecule has 0 bridgehead atoms. The number of hydrogen-bond acceptors (Lipinski definition) is 11. The average Bonchev–Trinajstić information content (AvgIpc) is 2.84. The van der Waals surface area contributed by atoms with Crippen LogP contribution in [0.5, 0.6) is 11.5 Å². The molecule has 0 amide bonds. The molecule has 0 aliphatic rings. The third-order valence-corrected chi connectivity index (χ3v) is 5.27. The minimum atomic E-state index is -1.43. The first-order chi connectivity index (χ1) is 18.8. The van der Waals surface area contributed by atoms with E-state index < -0.39 is 42.3 Å². The van der Waals surface area contributed by atoms with Crippen LogP contribution in [0.4, 0.5) is 14.4 Å². The van der Waals surface area contributed by atoms with Crippen LogP contribution in [0.25, 0.3) is 0 Å². The smallest absolute Gasteiger partial charge is 0.480 e. The molecule has 3 atom stereocenters. The molecule has 0 saturated carbocycles. The molecule has 12 nitrogen and oxygen atoms in total. The minimum absolute atomic E-state index is 0.0448. The Morgan fingerprint density at radius 2 is 1.24 bits per heavy atom. The first-order valence-electron chi connectivity index (χ1n) is 13.4. The molecule has 1 rings (SSSR count). The van der Waals surface area contributed by atoms with E-state index in [2.05, 4.69) is 0 Å². The summed E-state index contributed by atoms with van der Waals surface area (Å²) in [6, 6.07) is 2.70. The van der Waals surface area contributed by atoms with Crippen molar-refractivity contribution >= 4 is 24.4 Å². The van der Waals surface area contributed by atoms with Crippen LogP contribution in [0.15, 0.2) is 18.2 Å². The lowest BCUT2D eigenvalue weighted by Gasteiger charge is -2.28. The fourth-order valence-electron chi connectivity index (χ4n) is 3.31. The molecular weight excluding hydrogens is 538 g/mol. The fourth-order valence-corrected chi connectivity index (χ4v) is 3.31. The number of benzene rings is 1. The summed E-state index contributed by atoms with van der Waals surface area (Å²) in [6.45, 7) is 16.7. The van der Waals surface area contributed by atoms with Crippen molar-refractivity contribution < 1.29 is 52.7 Å². The highest BCUT2D eigenvalue weighted by atomic mass is 16.7. The lowest BCUT2D eigenvalue weighted by Crippen LogP contribution is -2.40. The summed E-state index contributed by atoms with van der Waals surface area (Å²) in [7, 11) is 0. The van der Waals surface area contributed by atoms with Gasteiger partial charge in [-0.1, -0.05) is 68.4 Å². The summed E-state index contributed by atoms with van der Waals surface area (Å²) in [5.41, 5.74) is 5.69. The Kier molecular flexibility index (Phi) is 13.4. The van der Waals surface area contributed by atoms with E-state index in [1.54, 1.807) is 6.92 Å². The number of carbonyl (C=O) groups excluding carboxylic acids is 3. The zero-order valence-corrected chi connectivity index (χ0v) is 25.5. The van der Waals surface area contributed by atoms with Crippen LogP contribution < -0.4 is 15.2 Å². The summed E-state index contributed by atoms with van der Waals surface area (Å²) in [5, 5.41) is 9.70. The summed E-state index contributed by atoms with van der Waals surface area (Å²) in [5.74, 6) is -3.11. The zero-order chi connectivity index (χ0) is 31.5. The van der Waals surface area contributed by atoms with Gasteiger partial charge in [0.1, 0.15) is 6.04 Å². The molecular formula is C29H45NO11. The van der Waals surface area contributed by atoms with E-state index in [4.69, 9.17) is 34.2 Å². The van der Waals surface area contributed by atoms with E-state index in [9.17, 15) is 24.3 Å². The lowest BCUT2D eigenvalue weighted by molar-refractivity contribution is -0.139. The average molecular weight is 584 g/mol. The van der Waals surface area contributed by atoms with Gasteiger partial charge in [0, 0.05) is 5.92 Å². The van der Waals surface area contributed by atoms with Crippen molar-refractivity contribution in [3.63, 3.8) is 0 Å². The van der Waals surface area contributed by atoms with Crippen LogP contribution in [-0.4, -0.2) is 62.0 Å². The van der Waals surface area contributed by atoms with Crippen molar-refractivity contribution in [2.75, 3.05) is 26.4 Å². The van der Waals surface area contributed by atoms with Gasteiger partial charge in [0.25, 0.3) is 0 Å². The van der Waals surface area contributed by atoms with E-state index in [1.165, 1.54) is 18.2 Å². The molecule has 0 aliphatic carbocycles. The molecule has 0 saturated heterocycles. The van der Waals surface area contributed by atoms with Gasteiger partial charge in [-0.05, 0) is 40.4 Å². The van der Waals surface area contributed by atoms with E-state index in [1.807, 2.05) is 55.4 Å². The van der Waals surface area contributed by atoms with Crippen molar-refractivity contribution in [1.82, 2.24) is 0 Å². The van der Waals surface area contributed by atoms with Crippen molar-refractivity contribution in [2.45, 2.75) is 74.3 Å². The standard InChI is InChI=1S/C29H45NO11/c1-17(2)13-36-25(33)37-14-18(3)22(23(30)24(31)32)19-10-11-20(40-26(34)38-15-28(4,5)6)21(12-19)41-27(35)39-16-29(7,8)9/h10-12,17-18,22-23H,13-16,30H2,1-9H3,(H,31,32)/t18?,22?,23-/m0/s1. The van der Waals surface area contributed by atoms with Crippen LogP contribution in [0, 0.1) is 22.7 Å². The lowest BCUT2D eigenvalue weighted by atomic mass is 9.82. The SMILES string of the molecule is CC(C)COC(=O)OCC(C)C(c1ccc(OC(=O)OCC(C)(C)C)c(OC(=O)OCC(C)(C)C)c1)[C@H](N)C(=O)O. The number of aliphatic carboxylic acids is 1. The Labute approximate surface area is 241 Å². The highest BCUT2D eigenvalue weighted by Gasteiger charge is 2.33. The Bertz CT molecular complexity index is 1040. The minimum Gasteiger partial charge on any atom is -0.480 e. The molecule has 1 aromatic carbocycles. The molecule has 232 valence electrons. The second kappa shape index (κ2) is 15.5. The first kappa shape index (κ1) is 35.5. The second-order valence-electron chi connectivity index (χ2n) is 12.7. The molecule has 3 N–H and O–H groups in total. The Morgan fingerprint density at radius 1 is 0.756 bits per heavy atom. The number of hydrogen-bond donors (Lipinski definition) is 2. The van der Waals surface area contributed by atoms with Gasteiger partial charge in [0.2, 0.25) is 0 Å². The molecule has 0 heterocycles. The van der Waals surface area contributed by atoms with Gasteiger partial charge in [-0.15, -0.1) is 0 Å². The molecule has 41 heavy (non-hydrogen) atoms. The van der Waals surface area contributed by atoms with Crippen LogP contribution in [0.1, 0.15) is 73.8 Å². The second-order valence-corrected chi connectivity index (χ2v) is 12.7. The molecule has 1 aromatic rings. The van der Waals surface area contributed by atoms with Crippen molar-refractivity contribution in [3.05, 3.63) is 23.8 Å². The Morgan fingerprint density at radius 3 is 1.71 bits per heavy atom. The quantitative estimate of drug-likeness (QED) is 0.174. The molecule has 0 aliphatic heterocycles. The van der Waals surface area contributed by atoms with Gasteiger partial charge in [0.15, 0.2) is 11.5 Å². The summed E-state index contributed by atoms with van der Waals surface area (Å²) in [4.78, 5) is 48.7. The van der Waals surface area contributed by atoms with Gasteiger partial charge < -0.3 is 39.3 Å². The number of ether oxygens (including phenoxy) is 6. The van der Waals surface area contributed by atoms with Crippen molar-refractivity contribution in [3.8, 4) is 11.5 Å². The Balaban J connectivity index is 3.32. The molecule has 0 spiro atoms. The summed E-state index contributed by atoms with van der Waals surface area (Å²) >= 11 is 0. The van der Waals surface area contributed by atoms with Gasteiger partial charge in [-0.25, -0.2) is 14.4 Å². The third kappa shape index (κ3) is 14.1. The predicted molar refractivity (Wildman–Crippen MR) is 149 cm³/mol. The fraction of sp³-hybridized carbons (Fsp3) is 0.655. The van der Waals surface area contributed by atoms with E-state index in [0.29, 0.717) is 5.56 Å². The van der Waals surface area contributed by atoms with E-state index in [0.717, 1.165) is 0 Å². The summed E-state index contributed by atoms with van der Waals surface area (Å²) in [6.07, 6.45) is -2.98. The van der Waals surface area contributed by atoms with Crippen LogP contribution in [0.3, 0.4) is 0 Å². The van der Waals surface area contributed by atoms with Crippen LogP contribution in [-0.2, 0) is 23.7 Å². The number of carboxylic acids is 1. The highest BCUT2D eigenvalue weighted by Crippen LogP contribution is 2.36. The molecule has 0 aromatic heterocycles. The predicted octanol–water partition coefficient (Wildman–Crippen LogP) is 5.75. The van der Waals surface area contributed by atoms with Crippen molar-refractivity contribution in [2.24, 2.45) is 28.4 Å².